The van der Waals surface area contributed by atoms with E-state index in [1.54, 1.807) is 27.7 Å². The molecule has 0 saturated carbocycles. The van der Waals surface area contributed by atoms with Crippen molar-refractivity contribution in [3.05, 3.63) is 41.2 Å². The third-order valence-corrected chi connectivity index (χ3v) is 7.59. The number of hydrogen-bond donors (Lipinski definition) is 1. The number of benzene rings is 1. The van der Waals surface area contributed by atoms with Crippen LogP contribution in [0, 0.1) is 13.8 Å². The van der Waals surface area contributed by atoms with Gasteiger partial charge in [-0.25, -0.2) is 8.42 Å². The predicted octanol–water partition coefficient (Wildman–Crippen LogP) is 3.68. The van der Waals surface area contributed by atoms with Gasteiger partial charge < -0.3 is 5.32 Å². The SMILES string of the molecule is CCC(C)c1ccc(NC(=O)Cn2nc(C)c(S(=O)(=O)N(CC)CC)c2C)cc1. The van der Waals surface area contributed by atoms with Crippen molar-refractivity contribution in [1.82, 2.24) is 14.1 Å². The number of nitrogens with zero attached hydrogens (tertiary/aromatic N) is 3. The highest BCUT2D eigenvalue weighted by Crippen LogP contribution is 2.24. The van der Waals surface area contributed by atoms with Gasteiger partial charge in [-0.05, 0) is 43.9 Å². The van der Waals surface area contributed by atoms with Crippen molar-refractivity contribution in [2.75, 3.05) is 18.4 Å². The zero-order chi connectivity index (χ0) is 21.8. The lowest BCUT2D eigenvalue weighted by Crippen LogP contribution is -2.31. The third kappa shape index (κ3) is 5.05. The predicted molar refractivity (Wildman–Crippen MR) is 116 cm³/mol. The Morgan fingerprint density at radius 2 is 1.72 bits per heavy atom. The Morgan fingerprint density at radius 1 is 1.14 bits per heavy atom. The molecule has 0 aliphatic rings. The molecule has 1 atom stereocenters. The molecule has 160 valence electrons. The summed E-state index contributed by atoms with van der Waals surface area (Å²) < 4.78 is 28.7. The zero-order valence-corrected chi connectivity index (χ0v) is 19.0. The Hall–Kier alpha value is -2.19. The molecule has 0 bridgehead atoms. The molecule has 0 aliphatic carbocycles. The number of carbonyl (C=O) groups is 1. The van der Waals surface area contributed by atoms with Gasteiger partial charge in [-0.3, -0.25) is 9.48 Å². The summed E-state index contributed by atoms with van der Waals surface area (Å²) in [5.74, 6) is 0.222. The lowest BCUT2D eigenvalue weighted by Gasteiger charge is -2.18. The highest BCUT2D eigenvalue weighted by atomic mass is 32.2. The minimum Gasteiger partial charge on any atom is -0.324 e. The van der Waals surface area contributed by atoms with Crippen molar-refractivity contribution >= 4 is 21.6 Å². The van der Waals surface area contributed by atoms with Crippen molar-refractivity contribution in [3.8, 4) is 0 Å². The van der Waals surface area contributed by atoms with Crippen molar-refractivity contribution in [3.63, 3.8) is 0 Å². The number of carbonyl (C=O) groups excluding carboxylic acids is 1. The molecule has 8 heteroatoms. The summed E-state index contributed by atoms with van der Waals surface area (Å²) >= 11 is 0. The van der Waals surface area contributed by atoms with Crippen LogP contribution in [-0.4, -0.2) is 41.5 Å². The van der Waals surface area contributed by atoms with E-state index < -0.39 is 10.0 Å². The fourth-order valence-corrected chi connectivity index (χ4v) is 5.20. The quantitative estimate of drug-likeness (QED) is 0.671. The summed E-state index contributed by atoms with van der Waals surface area (Å²) in [6, 6.07) is 7.80. The van der Waals surface area contributed by atoms with Gasteiger partial charge in [0.25, 0.3) is 0 Å². The van der Waals surface area contributed by atoms with Crippen LogP contribution in [0.1, 0.15) is 57.0 Å². The number of nitrogens with one attached hydrogen (secondary N) is 1. The van der Waals surface area contributed by atoms with Crippen molar-refractivity contribution < 1.29 is 13.2 Å². The Labute approximate surface area is 174 Å². The lowest BCUT2D eigenvalue weighted by molar-refractivity contribution is -0.116. The van der Waals surface area contributed by atoms with Gasteiger partial charge in [-0.15, -0.1) is 0 Å². The van der Waals surface area contributed by atoms with Crippen molar-refractivity contribution in [2.45, 2.75) is 65.3 Å². The summed E-state index contributed by atoms with van der Waals surface area (Å²) in [5.41, 5.74) is 2.81. The molecule has 0 radical (unpaired) electrons. The summed E-state index contributed by atoms with van der Waals surface area (Å²) in [4.78, 5) is 12.7. The first-order valence-corrected chi connectivity index (χ1v) is 11.5. The van der Waals surface area contributed by atoms with E-state index in [0.717, 1.165) is 6.42 Å². The van der Waals surface area contributed by atoms with Gasteiger partial charge in [0.2, 0.25) is 15.9 Å². The molecule has 1 aromatic carbocycles. The summed E-state index contributed by atoms with van der Waals surface area (Å²) in [5, 5.41) is 7.16. The van der Waals surface area contributed by atoms with Crippen LogP contribution >= 0.6 is 0 Å². The smallest absolute Gasteiger partial charge is 0.246 e. The number of amides is 1. The molecule has 1 aromatic heterocycles. The van der Waals surface area contributed by atoms with Gasteiger partial charge in [-0.2, -0.15) is 9.40 Å². The third-order valence-electron chi connectivity index (χ3n) is 5.29. The van der Waals surface area contributed by atoms with E-state index in [9.17, 15) is 13.2 Å². The highest BCUT2D eigenvalue weighted by molar-refractivity contribution is 7.89. The zero-order valence-electron chi connectivity index (χ0n) is 18.2. The second-order valence-corrected chi connectivity index (χ2v) is 9.10. The average Bonchev–Trinajstić information content (AvgIpc) is 2.96. The monoisotopic (exact) mass is 420 g/mol. The topological polar surface area (TPSA) is 84.3 Å². The van der Waals surface area contributed by atoms with Crippen molar-refractivity contribution in [2.24, 2.45) is 0 Å². The van der Waals surface area contributed by atoms with Crippen LogP contribution in [0.3, 0.4) is 0 Å². The molecule has 1 amide bonds. The maximum absolute atomic E-state index is 12.9. The Bertz CT molecular complexity index is 945. The number of aryl methyl sites for hydroxylation is 1. The minimum absolute atomic E-state index is 0.0481. The van der Waals surface area contributed by atoms with Crippen LogP contribution in [0.4, 0.5) is 5.69 Å². The van der Waals surface area contributed by atoms with E-state index in [1.165, 1.54) is 14.6 Å². The lowest BCUT2D eigenvalue weighted by atomic mass is 9.99. The molecular formula is C21H32N4O3S. The molecule has 0 aliphatic heterocycles. The van der Waals surface area contributed by atoms with Gasteiger partial charge in [0.05, 0.1) is 11.4 Å². The van der Waals surface area contributed by atoms with E-state index in [2.05, 4.69) is 24.3 Å². The maximum atomic E-state index is 12.9. The van der Waals surface area contributed by atoms with Crippen LogP contribution in [0.2, 0.25) is 0 Å². The molecular weight excluding hydrogens is 388 g/mol. The summed E-state index contributed by atoms with van der Waals surface area (Å²) in [6.45, 7) is 12.0. The molecule has 0 fully saturated rings. The maximum Gasteiger partial charge on any atom is 0.246 e. The standard InChI is InChI=1S/C21H32N4O3S/c1-7-15(4)18-10-12-19(13-11-18)22-20(26)14-25-17(6)21(16(5)23-25)29(27,28)24(8-2)9-3/h10-13,15H,7-9,14H2,1-6H3,(H,22,26). The van der Waals surface area contributed by atoms with E-state index in [4.69, 9.17) is 0 Å². The Morgan fingerprint density at radius 3 is 2.24 bits per heavy atom. The Kier molecular flexibility index (Phi) is 7.60. The molecule has 1 unspecified atom stereocenters. The van der Waals surface area contributed by atoms with Crippen LogP contribution in [0.5, 0.6) is 0 Å². The van der Waals surface area contributed by atoms with Crippen molar-refractivity contribution in [1.29, 1.82) is 0 Å². The van der Waals surface area contributed by atoms with Gasteiger partial charge in [0, 0.05) is 18.8 Å². The fourth-order valence-electron chi connectivity index (χ4n) is 3.37. The first kappa shape index (κ1) is 23.1. The van der Waals surface area contributed by atoms with Crippen LogP contribution in [0.25, 0.3) is 0 Å². The number of sulfonamides is 1. The summed E-state index contributed by atoms with van der Waals surface area (Å²) in [7, 11) is -3.63. The molecule has 2 rings (SSSR count). The average molecular weight is 421 g/mol. The van der Waals surface area contributed by atoms with E-state index in [-0.39, 0.29) is 17.3 Å². The van der Waals surface area contributed by atoms with E-state index in [0.29, 0.717) is 36.1 Å². The van der Waals surface area contributed by atoms with Crippen LogP contribution in [-0.2, 0) is 21.4 Å². The number of aromatic nitrogens is 2. The molecule has 0 spiro atoms. The molecule has 7 nitrogen and oxygen atoms in total. The normalized spacial score (nSPS) is 12.9. The first-order chi connectivity index (χ1) is 13.6. The van der Waals surface area contributed by atoms with Gasteiger partial charge in [0.1, 0.15) is 11.4 Å². The molecule has 2 aromatic rings. The van der Waals surface area contributed by atoms with Gasteiger partial charge in [-0.1, -0.05) is 39.8 Å². The molecule has 29 heavy (non-hydrogen) atoms. The molecule has 0 saturated heterocycles. The second kappa shape index (κ2) is 9.54. The summed E-state index contributed by atoms with van der Waals surface area (Å²) in [6.07, 6.45) is 1.06. The molecule has 1 N–H and O–H groups in total. The van der Waals surface area contributed by atoms with Gasteiger partial charge in [0.15, 0.2) is 0 Å². The first-order valence-electron chi connectivity index (χ1n) is 10.1. The number of rotatable bonds is 9. The Balaban J connectivity index is 2.18. The van der Waals surface area contributed by atoms with Crippen LogP contribution in [0.15, 0.2) is 29.2 Å². The number of hydrogen-bond acceptors (Lipinski definition) is 4. The van der Waals surface area contributed by atoms with E-state index in [1.807, 2.05) is 24.3 Å². The second-order valence-electron chi connectivity index (χ2n) is 7.23. The van der Waals surface area contributed by atoms with E-state index >= 15 is 0 Å². The number of anilines is 1. The largest absolute Gasteiger partial charge is 0.324 e. The van der Waals surface area contributed by atoms with Gasteiger partial charge >= 0.3 is 0 Å². The highest BCUT2D eigenvalue weighted by Gasteiger charge is 2.29. The minimum atomic E-state index is -3.63. The molecule has 1 heterocycles. The van der Waals surface area contributed by atoms with Crippen LogP contribution < -0.4 is 5.32 Å². The fraction of sp³-hybridized carbons (Fsp3) is 0.524.